The van der Waals surface area contributed by atoms with Crippen LogP contribution in [0.3, 0.4) is 0 Å². The Morgan fingerprint density at radius 2 is 1.92 bits per heavy atom. The molecule has 2 heterocycles. The van der Waals surface area contributed by atoms with E-state index in [1.54, 1.807) is 0 Å². The summed E-state index contributed by atoms with van der Waals surface area (Å²) in [5.74, 6) is 0.765. The van der Waals surface area contributed by atoms with E-state index in [1.807, 2.05) is 42.6 Å². The van der Waals surface area contributed by atoms with Crippen molar-refractivity contribution in [3.05, 3.63) is 82.3 Å². The van der Waals surface area contributed by atoms with Crippen molar-refractivity contribution in [1.82, 2.24) is 15.0 Å². The van der Waals surface area contributed by atoms with Crippen LogP contribution in [0, 0.1) is 6.92 Å². The van der Waals surface area contributed by atoms with Gasteiger partial charge < -0.3 is 4.98 Å². The smallest absolute Gasteiger partial charge is 0.275 e. The molecule has 0 saturated carbocycles. The zero-order valence-corrected chi connectivity index (χ0v) is 14.6. The fourth-order valence-electron chi connectivity index (χ4n) is 2.85. The van der Waals surface area contributed by atoms with Crippen LogP contribution in [-0.4, -0.2) is 15.0 Å². The Morgan fingerprint density at radius 1 is 1.08 bits per heavy atom. The summed E-state index contributed by atoms with van der Waals surface area (Å²) >= 11 is 1.54. The van der Waals surface area contributed by atoms with E-state index in [1.165, 1.54) is 22.9 Å². The van der Waals surface area contributed by atoms with Gasteiger partial charge in [0.25, 0.3) is 5.56 Å². The predicted molar refractivity (Wildman–Crippen MR) is 103 cm³/mol. The zero-order valence-electron chi connectivity index (χ0n) is 13.7. The van der Waals surface area contributed by atoms with Crippen molar-refractivity contribution in [2.24, 2.45) is 0 Å². The number of hydrogen-bond acceptors (Lipinski definition) is 3. The average molecular weight is 347 g/mol. The van der Waals surface area contributed by atoms with Crippen molar-refractivity contribution in [3.63, 3.8) is 0 Å². The van der Waals surface area contributed by atoms with Crippen LogP contribution in [0.4, 0.5) is 0 Å². The van der Waals surface area contributed by atoms with Gasteiger partial charge in [-0.05, 0) is 18.1 Å². The summed E-state index contributed by atoms with van der Waals surface area (Å²) in [5, 5.41) is 0.635. The molecule has 0 aliphatic rings. The van der Waals surface area contributed by atoms with Crippen molar-refractivity contribution < 1.29 is 0 Å². The van der Waals surface area contributed by atoms with Gasteiger partial charge in [-0.25, -0.2) is 4.98 Å². The molecule has 2 aromatic carbocycles. The quantitative estimate of drug-likeness (QED) is 0.421. The first-order valence-corrected chi connectivity index (χ1v) is 9.04. The van der Waals surface area contributed by atoms with Crippen molar-refractivity contribution >= 4 is 22.8 Å². The number of nitrogens with one attached hydrogen (secondary N) is 2. The molecule has 5 heteroatoms. The third-order valence-electron chi connectivity index (χ3n) is 4.06. The minimum Gasteiger partial charge on any atom is -0.355 e. The van der Waals surface area contributed by atoms with Gasteiger partial charge in [-0.15, -0.1) is 0 Å². The second kappa shape index (κ2) is 6.61. The summed E-state index contributed by atoms with van der Waals surface area (Å²) in [7, 11) is 0. The van der Waals surface area contributed by atoms with E-state index in [0.717, 1.165) is 16.9 Å². The highest BCUT2D eigenvalue weighted by Gasteiger charge is 2.12. The van der Waals surface area contributed by atoms with Gasteiger partial charge in [-0.1, -0.05) is 71.9 Å². The van der Waals surface area contributed by atoms with Gasteiger partial charge in [0.15, 0.2) is 5.16 Å². The standard InChI is InChI=1S/C20H17N3OS/c1-13-6-5-7-14(10-13)12-25-20-22-17-16(15-8-3-2-4-9-15)11-21-18(17)19(24)23-20/h2-11,21H,12H2,1H3,(H,22,23,24). The highest BCUT2D eigenvalue weighted by atomic mass is 32.2. The molecule has 0 aliphatic carbocycles. The monoisotopic (exact) mass is 347 g/mol. The molecular formula is C20H17N3OS. The molecule has 4 rings (SSSR count). The van der Waals surface area contributed by atoms with E-state index in [4.69, 9.17) is 0 Å². The molecule has 0 aliphatic heterocycles. The number of aromatic amines is 2. The van der Waals surface area contributed by atoms with Crippen molar-refractivity contribution in [2.75, 3.05) is 0 Å². The van der Waals surface area contributed by atoms with Crippen LogP contribution in [0.1, 0.15) is 11.1 Å². The first-order valence-electron chi connectivity index (χ1n) is 8.06. The van der Waals surface area contributed by atoms with E-state index in [0.29, 0.717) is 16.2 Å². The molecule has 0 spiro atoms. The number of hydrogen-bond donors (Lipinski definition) is 2. The number of H-pyrrole nitrogens is 2. The van der Waals surface area contributed by atoms with Crippen LogP contribution in [0.15, 0.2) is 70.7 Å². The summed E-state index contributed by atoms with van der Waals surface area (Å²) in [6.45, 7) is 2.08. The van der Waals surface area contributed by atoms with Crippen molar-refractivity contribution in [2.45, 2.75) is 17.8 Å². The molecule has 0 radical (unpaired) electrons. The Morgan fingerprint density at radius 3 is 2.72 bits per heavy atom. The Bertz CT molecular complexity index is 1080. The van der Waals surface area contributed by atoms with Gasteiger partial charge in [0.1, 0.15) is 11.0 Å². The number of fused-ring (bicyclic) bond motifs is 1. The maximum absolute atomic E-state index is 12.4. The second-order valence-corrected chi connectivity index (χ2v) is 6.90. The van der Waals surface area contributed by atoms with Gasteiger partial charge in [-0.2, -0.15) is 0 Å². The Balaban J connectivity index is 1.70. The third kappa shape index (κ3) is 3.23. The Hall–Kier alpha value is -2.79. The molecule has 4 nitrogen and oxygen atoms in total. The summed E-state index contributed by atoms with van der Waals surface area (Å²) in [6.07, 6.45) is 1.84. The van der Waals surface area contributed by atoms with E-state index >= 15 is 0 Å². The summed E-state index contributed by atoms with van der Waals surface area (Å²) in [6, 6.07) is 18.3. The molecule has 124 valence electrons. The third-order valence-corrected chi connectivity index (χ3v) is 5.00. The number of aromatic nitrogens is 3. The van der Waals surface area contributed by atoms with Crippen LogP contribution in [0.2, 0.25) is 0 Å². The molecule has 2 aromatic heterocycles. The van der Waals surface area contributed by atoms with Crippen LogP contribution in [0.5, 0.6) is 0 Å². The SMILES string of the molecule is Cc1cccc(CSc2nc3c(-c4ccccc4)c[nH]c3c(=O)[nH]2)c1. The number of rotatable bonds is 4. The largest absolute Gasteiger partial charge is 0.355 e. The normalized spacial score (nSPS) is 11.1. The van der Waals surface area contributed by atoms with E-state index < -0.39 is 0 Å². The van der Waals surface area contributed by atoms with Crippen LogP contribution < -0.4 is 5.56 Å². The van der Waals surface area contributed by atoms with Crippen LogP contribution >= 0.6 is 11.8 Å². The predicted octanol–water partition coefficient (Wildman–Crippen LogP) is 4.52. The average Bonchev–Trinajstić information content (AvgIpc) is 3.05. The minimum absolute atomic E-state index is 0.140. The lowest BCUT2D eigenvalue weighted by Gasteiger charge is -2.04. The lowest BCUT2D eigenvalue weighted by molar-refractivity contribution is 0.972. The highest BCUT2D eigenvalue weighted by Crippen LogP contribution is 2.27. The molecule has 0 unspecified atom stereocenters. The molecular weight excluding hydrogens is 330 g/mol. The van der Waals surface area contributed by atoms with Crippen molar-refractivity contribution in [3.8, 4) is 11.1 Å². The second-order valence-electron chi connectivity index (χ2n) is 5.94. The minimum atomic E-state index is -0.140. The number of thioether (sulfide) groups is 1. The molecule has 0 saturated heterocycles. The van der Waals surface area contributed by atoms with Gasteiger partial charge in [0.2, 0.25) is 0 Å². The molecule has 0 bridgehead atoms. The summed E-state index contributed by atoms with van der Waals surface area (Å²) in [4.78, 5) is 23.0. The number of nitrogens with zero attached hydrogens (tertiary/aromatic N) is 1. The highest BCUT2D eigenvalue weighted by molar-refractivity contribution is 7.98. The topological polar surface area (TPSA) is 61.5 Å². The Kier molecular flexibility index (Phi) is 4.15. The van der Waals surface area contributed by atoms with Gasteiger partial charge in [-0.3, -0.25) is 9.78 Å². The molecule has 25 heavy (non-hydrogen) atoms. The fourth-order valence-corrected chi connectivity index (χ4v) is 3.66. The number of benzene rings is 2. The first kappa shape index (κ1) is 15.7. The molecule has 0 atom stereocenters. The van der Waals surface area contributed by atoms with E-state index in [2.05, 4.69) is 40.1 Å². The molecule has 4 aromatic rings. The first-order chi connectivity index (χ1) is 12.2. The summed E-state index contributed by atoms with van der Waals surface area (Å²) < 4.78 is 0. The van der Waals surface area contributed by atoms with Crippen molar-refractivity contribution in [1.29, 1.82) is 0 Å². The van der Waals surface area contributed by atoms with E-state index in [-0.39, 0.29) is 5.56 Å². The van der Waals surface area contributed by atoms with Crippen LogP contribution in [-0.2, 0) is 5.75 Å². The number of aryl methyl sites for hydroxylation is 1. The zero-order chi connectivity index (χ0) is 17.2. The molecule has 0 amide bonds. The summed E-state index contributed by atoms with van der Waals surface area (Å²) in [5.41, 5.74) is 5.51. The van der Waals surface area contributed by atoms with Crippen LogP contribution in [0.25, 0.3) is 22.2 Å². The van der Waals surface area contributed by atoms with E-state index in [9.17, 15) is 4.79 Å². The molecule has 2 N–H and O–H groups in total. The van der Waals surface area contributed by atoms with Gasteiger partial charge in [0.05, 0.1) is 0 Å². The fraction of sp³-hybridized carbons (Fsp3) is 0.100. The lowest BCUT2D eigenvalue weighted by Crippen LogP contribution is -2.09. The molecule has 0 fully saturated rings. The maximum Gasteiger partial charge on any atom is 0.275 e. The maximum atomic E-state index is 12.4. The van der Waals surface area contributed by atoms with Gasteiger partial charge >= 0.3 is 0 Å². The lowest BCUT2D eigenvalue weighted by atomic mass is 10.1. The Labute approximate surface area is 149 Å². The van der Waals surface area contributed by atoms with Gasteiger partial charge in [0, 0.05) is 17.5 Å².